The van der Waals surface area contributed by atoms with Crippen molar-refractivity contribution in [2.24, 2.45) is 0 Å². The summed E-state index contributed by atoms with van der Waals surface area (Å²) in [5.74, 6) is 1.67. The molecule has 0 aromatic heterocycles. The van der Waals surface area contributed by atoms with Crippen LogP contribution in [0.1, 0.15) is 30.9 Å². The summed E-state index contributed by atoms with van der Waals surface area (Å²) in [6, 6.07) is 3.93. The van der Waals surface area contributed by atoms with Gasteiger partial charge in [0.1, 0.15) is 33.4 Å². The van der Waals surface area contributed by atoms with E-state index in [1.54, 1.807) is 12.3 Å². The molecule has 0 saturated carbocycles. The van der Waals surface area contributed by atoms with Gasteiger partial charge in [0.25, 0.3) is 0 Å². The predicted molar refractivity (Wildman–Crippen MR) is 125 cm³/mol. The largest absolute Gasteiger partial charge is 0.500 e. The molecular formula is C21H27Cl4NO4. The number of aryl methyl sites for hydroxylation is 2. The Morgan fingerprint density at radius 2 is 1.67 bits per heavy atom. The minimum Gasteiger partial charge on any atom is -0.500 e. The van der Waals surface area contributed by atoms with Crippen LogP contribution in [-0.2, 0) is 16.0 Å². The zero-order valence-corrected chi connectivity index (χ0v) is 20.1. The molecule has 0 aliphatic rings. The molecule has 0 amide bonds. The summed E-state index contributed by atoms with van der Waals surface area (Å²) in [7, 11) is 0. The van der Waals surface area contributed by atoms with Crippen molar-refractivity contribution in [3.63, 3.8) is 0 Å². The summed E-state index contributed by atoms with van der Waals surface area (Å²) in [5, 5.41) is 0. The van der Waals surface area contributed by atoms with Crippen molar-refractivity contribution in [1.82, 2.24) is 5.48 Å². The first-order valence-corrected chi connectivity index (χ1v) is 11.0. The van der Waals surface area contributed by atoms with Gasteiger partial charge in [0, 0.05) is 0 Å². The number of hydroxylamine groups is 1. The third-order valence-electron chi connectivity index (χ3n) is 3.73. The Balaban J connectivity index is 2.29. The van der Waals surface area contributed by atoms with Crippen molar-refractivity contribution in [3.05, 3.63) is 56.9 Å². The second-order valence-corrected chi connectivity index (χ2v) is 8.05. The zero-order valence-electron chi connectivity index (χ0n) is 17.1. The van der Waals surface area contributed by atoms with Crippen molar-refractivity contribution in [3.8, 4) is 11.5 Å². The van der Waals surface area contributed by atoms with E-state index in [0.717, 1.165) is 41.9 Å². The van der Waals surface area contributed by atoms with Gasteiger partial charge in [-0.25, -0.2) is 0 Å². The number of hydrogen-bond acceptors (Lipinski definition) is 5. The molecule has 0 fully saturated rings. The van der Waals surface area contributed by atoms with Crippen molar-refractivity contribution in [2.45, 2.75) is 33.1 Å². The first-order valence-electron chi connectivity index (χ1n) is 9.49. The summed E-state index contributed by atoms with van der Waals surface area (Å²) >= 11 is 22.1. The standard InChI is InChI=1S/C21H27Cl4NO4/c1-3-17-15-18(28-11-6-19(22)23)14-16(2)21(17)29-10-5-4-9-27-13-8-26-30-12-7-20(24)25/h6-8,13-15,26H,3-5,9-12H2,1-2H3. The molecule has 1 N–H and O–H groups in total. The molecule has 0 saturated heterocycles. The van der Waals surface area contributed by atoms with Gasteiger partial charge in [0.2, 0.25) is 0 Å². The first kappa shape index (κ1) is 26.8. The van der Waals surface area contributed by atoms with E-state index in [9.17, 15) is 0 Å². The molecule has 1 aromatic carbocycles. The Morgan fingerprint density at radius 1 is 0.967 bits per heavy atom. The third-order valence-corrected chi connectivity index (χ3v) is 4.35. The highest BCUT2D eigenvalue weighted by atomic mass is 35.5. The lowest BCUT2D eigenvalue weighted by atomic mass is 10.1. The summed E-state index contributed by atoms with van der Waals surface area (Å²) < 4.78 is 17.4. The normalized spacial score (nSPS) is 10.6. The van der Waals surface area contributed by atoms with Crippen LogP contribution in [0, 0.1) is 6.92 Å². The molecule has 1 rings (SSSR count). The molecule has 0 aliphatic heterocycles. The topological polar surface area (TPSA) is 49.0 Å². The van der Waals surface area contributed by atoms with E-state index in [2.05, 4.69) is 12.4 Å². The van der Waals surface area contributed by atoms with Crippen LogP contribution in [0.25, 0.3) is 0 Å². The number of benzene rings is 1. The maximum absolute atomic E-state index is 6.01. The number of ether oxygens (including phenoxy) is 3. The fourth-order valence-corrected chi connectivity index (χ4v) is 2.62. The number of hydrogen-bond donors (Lipinski definition) is 1. The molecular weight excluding hydrogens is 472 g/mol. The molecule has 0 bridgehead atoms. The second-order valence-electron chi connectivity index (χ2n) is 6.04. The van der Waals surface area contributed by atoms with Gasteiger partial charge in [-0.2, -0.15) is 0 Å². The zero-order chi connectivity index (χ0) is 22.2. The second kappa shape index (κ2) is 16.5. The molecule has 9 heteroatoms. The van der Waals surface area contributed by atoms with Crippen LogP contribution in [-0.4, -0.2) is 26.4 Å². The summed E-state index contributed by atoms with van der Waals surface area (Å²) in [5.41, 5.74) is 4.71. The van der Waals surface area contributed by atoms with E-state index in [4.69, 9.17) is 65.5 Å². The monoisotopic (exact) mass is 497 g/mol. The highest BCUT2D eigenvalue weighted by Crippen LogP contribution is 2.30. The van der Waals surface area contributed by atoms with E-state index in [1.165, 1.54) is 12.3 Å². The predicted octanol–water partition coefficient (Wildman–Crippen LogP) is 6.74. The van der Waals surface area contributed by atoms with Gasteiger partial charge in [-0.15, -0.1) is 0 Å². The van der Waals surface area contributed by atoms with Crippen LogP contribution in [0.5, 0.6) is 11.5 Å². The number of nitrogens with one attached hydrogen (secondary N) is 1. The molecule has 168 valence electrons. The van der Waals surface area contributed by atoms with Gasteiger partial charge in [0.05, 0.1) is 26.0 Å². The number of unbranched alkanes of at least 4 members (excludes halogenated alkanes) is 1. The maximum atomic E-state index is 6.01. The Kier molecular flexibility index (Phi) is 14.7. The Hall–Kier alpha value is -1.24. The lowest BCUT2D eigenvalue weighted by molar-refractivity contribution is 0.0920. The van der Waals surface area contributed by atoms with Gasteiger partial charge >= 0.3 is 0 Å². The van der Waals surface area contributed by atoms with E-state index < -0.39 is 0 Å². The van der Waals surface area contributed by atoms with E-state index in [1.807, 2.05) is 19.1 Å². The Labute approximate surface area is 198 Å². The molecule has 0 unspecified atom stereocenters. The summed E-state index contributed by atoms with van der Waals surface area (Å²) in [6.45, 7) is 5.86. The van der Waals surface area contributed by atoms with Gasteiger partial charge in [-0.3, -0.25) is 10.3 Å². The van der Waals surface area contributed by atoms with Crippen LogP contribution >= 0.6 is 46.4 Å². The molecule has 0 aliphatic carbocycles. The molecule has 0 atom stereocenters. The Morgan fingerprint density at radius 3 is 2.37 bits per heavy atom. The molecule has 0 heterocycles. The maximum Gasteiger partial charge on any atom is 0.125 e. The molecule has 30 heavy (non-hydrogen) atoms. The number of rotatable bonds is 15. The van der Waals surface area contributed by atoms with Gasteiger partial charge in [-0.1, -0.05) is 53.3 Å². The van der Waals surface area contributed by atoms with Crippen molar-refractivity contribution >= 4 is 46.4 Å². The molecule has 0 radical (unpaired) electrons. The van der Waals surface area contributed by atoms with Crippen LogP contribution < -0.4 is 15.0 Å². The van der Waals surface area contributed by atoms with Crippen LogP contribution in [0.4, 0.5) is 0 Å². The first-order chi connectivity index (χ1) is 14.4. The third kappa shape index (κ3) is 12.5. The van der Waals surface area contributed by atoms with Crippen LogP contribution in [0.15, 0.2) is 45.7 Å². The van der Waals surface area contributed by atoms with Gasteiger partial charge < -0.3 is 14.2 Å². The summed E-state index contributed by atoms with van der Waals surface area (Å²) in [6.07, 6.45) is 8.77. The quantitative estimate of drug-likeness (QED) is 0.165. The van der Waals surface area contributed by atoms with Crippen molar-refractivity contribution in [2.75, 3.05) is 26.4 Å². The van der Waals surface area contributed by atoms with Crippen LogP contribution in [0.2, 0.25) is 0 Å². The summed E-state index contributed by atoms with van der Waals surface area (Å²) in [4.78, 5) is 5.01. The lowest BCUT2D eigenvalue weighted by Crippen LogP contribution is -2.06. The van der Waals surface area contributed by atoms with Gasteiger partial charge in [-0.05, 0) is 61.6 Å². The lowest BCUT2D eigenvalue weighted by Gasteiger charge is -2.15. The smallest absolute Gasteiger partial charge is 0.125 e. The van der Waals surface area contributed by atoms with Crippen molar-refractivity contribution < 1.29 is 19.0 Å². The SMILES string of the molecule is CCc1cc(OCC=C(Cl)Cl)cc(C)c1OCCCCOC=CNOCC=C(Cl)Cl. The van der Waals surface area contributed by atoms with Crippen LogP contribution in [0.3, 0.4) is 0 Å². The van der Waals surface area contributed by atoms with Crippen molar-refractivity contribution in [1.29, 1.82) is 0 Å². The Bertz CT molecular complexity index is 715. The highest BCUT2D eigenvalue weighted by molar-refractivity contribution is 6.56. The van der Waals surface area contributed by atoms with E-state index >= 15 is 0 Å². The van der Waals surface area contributed by atoms with Gasteiger partial charge in [0.15, 0.2) is 0 Å². The molecule has 5 nitrogen and oxygen atoms in total. The molecule has 1 aromatic rings. The fourth-order valence-electron chi connectivity index (χ4n) is 2.37. The minimum atomic E-state index is 0.162. The minimum absolute atomic E-state index is 0.162. The number of halogens is 4. The van der Waals surface area contributed by atoms with E-state index in [-0.39, 0.29) is 15.6 Å². The average Bonchev–Trinajstić information content (AvgIpc) is 2.69. The fraction of sp³-hybridized carbons (Fsp3) is 0.429. The average molecular weight is 499 g/mol. The van der Waals surface area contributed by atoms with E-state index in [0.29, 0.717) is 19.8 Å². The highest BCUT2D eigenvalue weighted by Gasteiger charge is 2.09. The molecule has 0 spiro atoms.